The molecule has 0 radical (unpaired) electrons. The molecule has 1 amide bonds. The summed E-state index contributed by atoms with van der Waals surface area (Å²) in [6.07, 6.45) is 0.727. The van der Waals surface area contributed by atoms with Crippen molar-refractivity contribution in [2.75, 3.05) is 13.1 Å². The van der Waals surface area contributed by atoms with E-state index < -0.39 is 0 Å². The lowest BCUT2D eigenvalue weighted by molar-refractivity contribution is 0.0614. The Bertz CT molecular complexity index is 475. The minimum Gasteiger partial charge on any atom is -0.333 e. The van der Waals surface area contributed by atoms with Crippen molar-refractivity contribution in [2.45, 2.75) is 46.2 Å². The quantitative estimate of drug-likeness (QED) is 0.869. The second kappa shape index (κ2) is 5.65. The maximum Gasteiger partial charge on any atom is 0.256 e. The van der Waals surface area contributed by atoms with E-state index in [-0.39, 0.29) is 11.9 Å². The van der Waals surface area contributed by atoms with Gasteiger partial charge in [-0.3, -0.25) is 4.79 Å². The molecule has 0 saturated carbocycles. The molecule has 0 bridgehead atoms. The fourth-order valence-corrected chi connectivity index (χ4v) is 2.42. The molecule has 2 atom stereocenters. The van der Waals surface area contributed by atoms with Crippen LogP contribution in [-0.2, 0) is 6.42 Å². The van der Waals surface area contributed by atoms with Gasteiger partial charge in [0.05, 0.1) is 17.0 Å². The first-order valence-corrected chi connectivity index (χ1v) is 6.90. The molecule has 0 aliphatic carbocycles. The molecule has 1 aromatic rings. The molecular formula is C14H22N4O. The molecule has 1 aromatic heterocycles. The van der Waals surface area contributed by atoms with Gasteiger partial charge in [-0.15, -0.1) is 0 Å². The number of rotatable bonds is 2. The van der Waals surface area contributed by atoms with Crippen molar-refractivity contribution >= 4 is 5.91 Å². The van der Waals surface area contributed by atoms with E-state index in [0.29, 0.717) is 11.6 Å². The monoisotopic (exact) mass is 262 g/mol. The molecule has 5 heteroatoms. The lowest BCUT2D eigenvalue weighted by Crippen LogP contribution is -2.56. The Morgan fingerprint density at radius 1 is 1.47 bits per heavy atom. The predicted octanol–water partition coefficient (Wildman–Crippen LogP) is 1.17. The summed E-state index contributed by atoms with van der Waals surface area (Å²) < 4.78 is 0. The number of nitrogens with zero attached hydrogens (tertiary/aromatic N) is 3. The van der Waals surface area contributed by atoms with Gasteiger partial charge in [0, 0.05) is 25.2 Å². The van der Waals surface area contributed by atoms with Gasteiger partial charge in [0.2, 0.25) is 0 Å². The summed E-state index contributed by atoms with van der Waals surface area (Å²) >= 11 is 0. The summed E-state index contributed by atoms with van der Waals surface area (Å²) in [5, 5.41) is 11.6. The number of carbonyl (C=O) groups is 1. The van der Waals surface area contributed by atoms with E-state index in [1.165, 1.54) is 0 Å². The molecule has 1 aliphatic rings. The first kappa shape index (κ1) is 13.9. The largest absolute Gasteiger partial charge is 0.333 e. The summed E-state index contributed by atoms with van der Waals surface area (Å²) in [4.78, 5) is 14.7. The van der Waals surface area contributed by atoms with E-state index in [1.54, 1.807) is 0 Å². The zero-order chi connectivity index (χ0) is 14.0. The van der Waals surface area contributed by atoms with Gasteiger partial charge in [-0.25, -0.2) is 0 Å². The number of hydrogen-bond donors (Lipinski definition) is 1. The highest BCUT2D eigenvalue weighted by molar-refractivity contribution is 5.95. The molecule has 2 heterocycles. The van der Waals surface area contributed by atoms with Crippen molar-refractivity contribution in [3.63, 3.8) is 0 Å². The second-order valence-corrected chi connectivity index (χ2v) is 5.32. The van der Waals surface area contributed by atoms with E-state index in [0.717, 1.165) is 30.9 Å². The first-order valence-electron chi connectivity index (χ1n) is 6.90. The van der Waals surface area contributed by atoms with Crippen LogP contribution < -0.4 is 5.32 Å². The summed E-state index contributed by atoms with van der Waals surface area (Å²) in [6, 6.07) is 2.40. The van der Waals surface area contributed by atoms with Gasteiger partial charge in [0.15, 0.2) is 0 Å². The van der Waals surface area contributed by atoms with Crippen LogP contribution in [0.3, 0.4) is 0 Å². The van der Waals surface area contributed by atoms with Crippen LogP contribution in [-0.4, -0.2) is 46.2 Å². The number of nitrogens with one attached hydrogen (secondary N) is 1. The lowest BCUT2D eigenvalue weighted by atomic mass is 10.1. The normalized spacial score (nSPS) is 23.5. The van der Waals surface area contributed by atoms with Crippen molar-refractivity contribution in [2.24, 2.45) is 0 Å². The minimum absolute atomic E-state index is 0.0794. The predicted molar refractivity (Wildman–Crippen MR) is 74.1 cm³/mol. The lowest BCUT2D eigenvalue weighted by Gasteiger charge is -2.37. The SMILES string of the molecule is CCc1nnc(C)cc1C(=O)N1CC(C)NCC1C. The van der Waals surface area contributed by atoms with E-state index in [9.17, 15) is 4.79 Å². The van der Waals surface area contributed by atoms with Gasteiger partial charge in [0.25, 0.3) is 5.91 Å². The Balaban J connectivity index is 2.30. The van der Waals surface area contributed by atoms with Crippen LogP contribution in [0.25, 0.3) is 0 Å². The minimum atomic E-state index is 0.0794. The van der Waals surface area contributed by atoms with Crippen molar-refractivity contribution in [1.82, 2.24) is 20.4 Å². The Hall–Kier alpha value is -1.49. The van der Waals surface area contributed by atoms with Crippen LogP contribution in [0.2, 0.25) is 0 Å². The van der Waals surface area contributed by atoms with Crippen LogP contribution in [0.1, 0.15) is 42.5 Å². The molecule has 2 unspecified atom stereocenters. The Morgan fingerprint density at radius 2 is 2.21 bits per heavy atom. The fourth-order valence-electron chi connectivity index (χ4n) is 2.42. The molecule has 1 aliphatic heterocycles. The van der Waals surface area contributed by atoms with E-state index in [2.05, 4.69) is 29.4 Å². The highest BCUT2D eigenvalue weighted by atomic mass is 16.2. The highest BCUT2D eigenvalue weighted by Crippen LogP contribution is 2.15. The van der Waals surface area contributed by atoms with Crippen LogP contribution in [0.15, 0.2) is 6.07 Å². The maximum atomic E-state index is 12.7. The smallest absolute Gasteiger partial charge is 0.256 e. The molecule has 2 rings (SSSR count). The van der Waals surface area contributed by atoms with Crippen molar-refractivity contribution in [3.05, 3.63) is 23.0 Å². The summed E-state index contributed by atoms with van der Waals surface area (Å²) in [5.41, 5.74) is 2.28. The zero-order valence-electron chi connectivity index (χ0n) is 12.1. The van der Waals surface area contributed by atoms with E-state index >= 15 is 0 Å². The van der Waals surface area contributed by atoms with Crippen molar-refractivity contribution in [3.8, 4) is 0 Å². The molecule has 0 spiro atoms. The summed E-state index contributed by atoms with van der Waals surface area (Å²) in [5.74, 6) is 0.0794. The molecule has 1 fully saturated rings. The first-order chi connectivity index (χ1) is 9.02. The highest BCUT2D eigenvalue weighted by Gasteiger charge is 2.28. The van der Waals surface area contributed by atoms with Gasteiger partial charge >= 0.3 is 0 Å². The standard InChI is InChI=1S/C14H22N4O/c1-5-13-12(6-9(2)16-17-13)14(19)18-8-10(3)15-7-11(18)4/h6,10-11,15H,5,7-8H2,1-4H3. The number of hydrogen-bond acceptors (Lipinski definition) is 4. The average molecular weight is 262 g/mol. The third-order valence-electron chi connectivity index (χ3n) is 3.58. The number of aryl methyl sites for hydroxylation is 2. The Kier molecular flexibility index (Phi) is 4.14. The number of piperazine rings is 1. The third-order valence-corrected chi connectivity index (χ3v) is 3.58. The molecule has 1 N–H and O–H groups in total. The van der Waals surface area contributed by atoms with Crippen LogP contribution in [0.4, 0.5) is 0 Å². The van der Waals surface area contributed by atoms with Gasteiger partial charge in [-0.1, -0.05) is 6.92 Å². The van der Waals surface area contributed by atoms with E-state index in [1.807, 2.05) is 24.8 Å². The molecule has 19 heavy (non-hydrogen) atoms. The third kappa shape index (κ3) is 2.92. The number of amides is 1. The van der Waals surface area contributed by atoms with Crippen LogP contribution in [0, 0.1) is 6.92 Å². The van der Waals surface area contributed by atoms with Gasteiger partial charge < -0.3 is 10.2 Å². The Labute approximate surface area is 114 Å². The molecular weight excluding hydrogens is 240 g/mol. The zero-order valence-corrected chi connectivity index (χ0v) is 12.1. The maximum absolute atomic E-state index is 12.7. The van der Waals surface area contributed by atoms with E-state index in [4.69, 9.17) is 0 Å². The van der Waals surface area contributed by atoms with Crippen LogP contribution >= 0.6 is 0 Å². The summed E-state index contributed by atoms with van der Waals surface area (Å²) in [7, 11) is 0. The molecule has 104 valence electrons. The molecule has 1 saturated heterocycles. The topological polar surface area (TPSA) is 58.1 Å². The van der Waals surface area contributed by atoms with Crippen molar-refractivity contribution < 1.29 is 4.79 Å². The van der Waals surface area contributed by atoms with Gasteiger partial charge in [0.1, 0.15) is 0 Å². The second-order valence-electron chi connectivity index (χ2n) is 5.32. The van der Waals surface area contributed by atoms with Crippen LogP contribution in [0.5, 0.6) is 0 Å². The van der Waals surface area contributed by atoms with Gasteiger partial charge in [-0.2, -0.15) is 10.2 Å². The van der Waals surface area contributed by atoms with Crippen molar-refractivity contribution in [1.29, 1.82) is 0 Å². The van der Waals surface area contributed by atoms with Gasteiger partial charge in [-0.05, 0) is 33.3 Å². The summed E-state index contributed by atoms with van der Waals surface area (Å²) in [6.45, 7) is 9.62. The molecule has 0 aromatic carbocycles. The number of aromatic nitrogens is 2. The molecule has 5 nitrogen and oxygen atoms in total. The average Bonchev–Trinajstić information content (AvgIpc) is 2.40. The number of carbonyl (C=O) groups excluding carboxylic acids is 1. The fraction of sp³-hybridized carbons (Fsp3) is 0.643. The Morgan fingerprint density at radius 3 is 2.89 bits per heavy atom.